The Bertz CT molecular complexity index is 987. The average Bonchev–Trinajstić information content (AvgIpc) is 2.88. The molecule has 1 aromatic heterocycles. The van der Waals surface area contributed by atoms with Crippen LogP contribution in [0.5, 0.6) is 0 Å². The third-order valence-corrected chi connectivity index (χ3v) is 5.55. The van der Waals surface area contributed by atoms with E-state index in [9.17, 15) is 4.39 Å². The van der Waals surface area contributed by atoms with E-state index in [4.69, 9.17) is 4.99 Å². The van der Waals surface area contributed by atoms with Gasteiger partial charge in [0.25, 0.3) is 0 Å². The topological polar surface area (TPSA) is 67.8 Å². The van der Waals surface area contributed by atoms with Crippen molar-refractivity contribution >= 4 is 17.6 Å². The first-order chi connectivity index (χ1) is 13.2. The van der Waals surface area contributed by atoms with Crippen LogP contribution in [-0.4, -0.2) is 32.4 Å². The van der Waals surface area contributed by atoms with Crippen molar-refractivity contribution in [3.8, 4) is 0 Å². The van der Waals surface area contributed by atoms with Gasteiger partial charge in [-0.25, -0.2) is 9.37 Å². The predicted octanol–water partition coefficient (Wildman–Crippen LogP) is 3.41. The van der Waals surface area contributed by atoms with Crippen LogP contribution in [0.2, 0.25) is 0 Å². The number of allylic oxidation sites excluding steroid dienone is 2. The molecule has 2 aromatic rings. The molecule has 27 heavy (non-hydrogen) atoms. The lowest BCUT2D eigenvalue weighted by Gasteiger charge is -2.34. The molecule has 0 saturated carbocycles. The minimum atomic E-state index is -0.243. The van der Waals surface area contributed by atoms with Crippen molar-refractivity contribution in [2.45, 2.75) is 24.8 Å². The van der Waals surface area contributed by atoms with Gasteiger partial charge in [0.15, 0.2) is 0 Å². The summed E-state index contributed by atoms with van der Waals surface area (Å²) >= 11 is 0. The summed E-state index contributed by atoms with van der Waals surface area (Å²) < 4.78 is 16.2. The molecule has 136 valence electrons. The van der Waals surface area contributed by atoms with Gasteiger partial charge in [0.2, 0.25) is 0 Å². The van der Waals surface area contributed by atoms with Crippen LogP contribution in [0.25, 0.3) is 0 Å². The van der Waals surface area contributed by atoms with Gasteiger partial charge in [-0.2, -0.15) is 15.3 Å². The van der Waals surface area contributed by atoms with E-state index in [0.29, 0.717) is 6.42 Å². The summed E-state index contributed by atoms with van der Waals surface area (Å²) in [5.41, 5.74) is 2.70. The molecule has 4 atom stereocenters. The Kier molecular flexibility index (Phi) is 3.81. The molecule has 5 rings (SSSR count). The molecule has 2 bridgehead atoms. The Balaban J connectivity index is 1.74. The molecule has 0 radical (unpaired) electrons. The van der Waals surface area contributed by atoms with Gasteiger partial charge in [0, 0.05) is 37.2 Å². The Morgan fingerprint density at radius 1 is 1.19 bits per heavy atom. The predicted molar refractivity (Wildman–Crippen MR) is 102 cm³/mol. The van der Waals surface area contributed by atoms with E-state index in [1.807, 2.05) is 37.4 Å². The highest BCUT2D eigenvalue weighted by molar-refractivity contribution is 6.16. The summed E-state index contributed by atoms with van der Waals surface area (Å²) in [5.74, 6) is 0.464. The highest BCUT2D eigenvalue weighted by Crippen LogP contribution is 2.44. The van der Waals surface area contributed by atoms with Crippen molar-refractivity contribution in [3.63, 3.8) is 0 Å². The fraction of sp³-hybridized carbons (Fsp3) is 0.350. The normalized spacial score (nSPS) is 29.3. The molecule has 0 saturated heterocycles. The molecule has 3 heterocycles. The molecule has 7 heteroatoms. The Labute approximate surface area is 156 Å². The van der Waals surface area contributed by atoms with E-state index in [-0.39, 0.29) is 29.6 Å². The smallest absolute Gasteiger partial charge is 0.138 e. The number of nitrogens with zero attached hydrogens (tertiary/aromatic N) is 6. The van der Waals surface area contributed by atoms with E-state index in [1.54, 1.807) is 23.3 Å². The minimum absolute atomic E-state index is 0.0358. The maximum absolute atomic E-state index is 14.4. The number of halogens is 1. The molecule has 6 nitrogen and oxygen atoms in total. The third kappa shape index (κ3) is 2.74. The van der Waals surface area contributed by atoms with Gasteiger partial charge in [-0.05, 0) is 18.1 Å². The first-order valence-electron chi connectivity index (χ1n) is 9.14. The second-order valence-corrected chi connectivity index (χ2v) is 7.26. The van der Waals surface area contributed by atoms with E-state index in [2.05, 4.69) is 20.3 Å². The van der Waals surface area contributed by atoms with Crippen LogP contribution in [0.1, 0.15) is 36.2 Å². The number of hydrogen-bond donors (Lipinski definition) is 0. The van der Waals surface area contributed by atoms with Gasteiger partial charge < -0.3 is 0 Å². The summed E-state index contributed by atoms with van der Waals surface area (Å²) in [6.07, 6.45) is 6.04. The highest BCUT2D eigenvalue weighted by Gasteiger charge is 2.44. The Hall–Kier alpha value is -2.96. The van der Waals surface area contributed by atoms with Gasteiger partial charge in [-0.3, -0.25) is 9.67 Å². The number of fused-ring (bicyclic) bond motifs is 1. The van der Waals surface area contributed by atoms with Crippen LogP contribution in [0.4, 0.5) is 4.39 Å². The van der Waals surface area contributed by atoms with Crippen LogP contribution in [0, 0.1) is 11.8 Å². The van der Waals surface area contributed by atoms with E-state index >= 15 is 0 Å². The SMILES string of the molecule is Cn1ncnc1C1C2=NN=CC3CC(F)=CC(=NC1c1ccccc1)C2C3. The van der Waals surface area contributed by atoms with Crippen LogP contribution >= 0.6 is 0 Å². The lowest BCUT2D eigenvalue weighted by Crippen LogP contribution is -2.37. The maximum atomic E-state index is 14.4. The van der Waals surface area contributed by atoms with Crippen molar-refractivity contribution < 1.29 is 4.39 Å². The quantitative estimate of drug-likeness (QED) is 0.821. The number of aryl methyl sites for hydroxylation is 1. The average molecular weight is 362 g/mol. The minimum Gasteiger partial charge on any atom is -0.280 e. The van der Waals surface area contributed by atoms with Crippen LogP contribution in [0.15, 0.2) is 63.8 Å². The zero-order valence-electron chi connectivity index (χ0n) is 14.9. The van der Waals surface area contributed by atoms with Crippen molar-refractivity contribution in [3.05, 3.63) is 59.9 Å². The first-order valence-corrected chi connectivity index (χ1v) is 9.14. The summed E-state index contributed by atoms with van der Waals surface area (Å²) in [7, 11) is 1.87. The van der Waals surface area contributed by atoms with E-state index < -0.39 is 0 Å². The standard InChI is InChI=1S/C20H19FN6/c1-27-20(22-11-24-27)17-18(13-5-3-2-4-6-13)25-16-9-14(21)7-12-8-15(16)19(17)26-23-10-12/h2-6,9-12,15,17-18H,7-8H2,1H3. The van der Waals surface area contributed by atoms with Crippen molar-refractivity contribution in [1.82, 2.24) is 14.8 Å². The number of rotatable bonds is 2. The summed E-state index contributed by atoms with van der Waals surface area (Å²) in [4.78, 5) is 9.50. The van der Waals surface area contributed by atoms with E-state index in [1.165, 1.54) is 0 Å². The summed E-state index contributed by atoms with van der Waals surface area (Å²) in [6.45, 7) is 0. The molecule has 4 unspecified atom stereocenters. The zero-order chi connectivity index (χ0) is 18.4. The first kappa shape index (κ1) is 16.2. The Morgan fingerprint density at radius 2 is 2.04 bits per heavy atom. The maximum Gasteiger partial charge on any atom is 0.138 e. The molecule has 1 aliphatic carbocycles. The Morgan fingerprint density at radius 3 is 2.81 bits per heavy atom. The summed E-state index contributed by atoms with van der Waals surface area (Å²) in [6, 6.07) is 9.79. The van der Waals surface area contributed by atoms with Gasteiger partial charge in [0.05, 0.1) is 17.7 Å². The van der Waals surface area contributed by atoms with Crippen LogP contribution in [0.3, 0.4) is 0 Å². The van der Waals surface area contributed by atoms with Gasteiger partial charge >= 0.3 is 0 Å². The molecular weight excluding hydrogens is 343 g/mol. The van der Waals surface area contributed by atoms with Crippen LogP contribution < -0.4 is 0 Å². The van der Waals surface area contributed by atoms with Crippen molar-refractivity contribution in [2.75, 3.05) is 0 Å². The van der Waals surface area contributed by atoms with Crippen LogP contribution in [-0.2, 0) is 7.05 Å². The summed E-state index contributed by atoms with van der Waals surface area (Å²) in [5, 5.41) is 13.1. The number of aliphatic imine (C=N–C) groups is 1. The van der Waals surface area contributed by atoms with Gasteiger partial charge in [-0.15, -0.1) is 0 Å². The molecule has 0 spiro atoms. The largest absolute Gasteiger partial charge is 0.280 e. The molecule has 0 N–H and O–H groups in total. The number of benzene rings is 1. The molecule has 1 aromatic carbocycles. The van der Waals surface area contributed by atoms with Gasteiger partial charge in [0.1, 0.15) is 18.0 Å². The fourth-order valence-electron chi connectivity index (χ4n) is 4.31. The van der Waals surface area contributed by atoms with Gasteiger partial charge in [-0.1, -0.05) is 30.3 Å². The highest BCUT2D eigenvalue weighted by atomic mass is 19.1. The lowest BCUT2D eigenvalue weighted by atomic mass is 9.75. The van der Waals surface area contributed by atoms with Crippen molar-refractivity contribution in [2.24, 2.45) is 34.1 Å². The lowest BCUT2D eigenvalue weighted by molar-refractivity contribution is 0.511. The second-order valence-electron chi connectivity index (χ2n) is 7.26. The molecular formula is C20H19FN6. The fourth-order valence-corrected chi connectivity index (χ4v) is 4.31. The second kappa shape index (κ2) is 6.33. The zero-order valence-corrected chi connectivity index (χ0v) is 14.9. The van der Waals surface area contributed by atoms with E-state index in [0.717, 1.165) is 29.2 Å². The molecule has 2 aliphatic heterocycles. The monoisotopic (exact) mass is 362 g/mol. The van der Waals surface area contributed by atoms with Crippen molar-refractivity contribution in [1.29, 1.82) is 0 Å². The molecule has 0 fully saturated rings. The molecule has 3 aliphatic rings. The number of aromatic nitrogens is 3. The number of hydrogen-bond acceptors (Lipinski definition) is 5. The third-order valence-electron chi connectivity index (χ3n) is 5.55. The molecule has 0 amide bonds.